The number of para-hydroxylation sites is 1. The first-order valence-corrected chi connectivity index (χ1v) is 14.9. The number of rotatable bonds is 5. The van der Waals surface area contributed by atoms with Crippen LogP contribution in [0.1, 0.15) is 45.6 Å². The number of ether oxygens (including phenoxy) is 1. The Morgan fingerprint density at radius 2 is 1.78 bits per heavy atom. The summed E-state index contributed by atoms with van der Waals surface area (Å²) in [6.45, 7) is 5.77. The first kappa shape index (κ1) is 28.3. The zero-order valence-electron chi connectivity index (χ0n) is 25.2. The highest BCUT2D eigenvalue weighted by Gasteiger charge is 2.43. The zero-order valence-corrected chi connectivity index (χ0v) is 25.2. The normalized spacial score (nSPS) is 14.5. The van der Waals surface area contributed by atoms with Gasteiger partial charge >= 0.3 is 6.09 Å². The van der Waals surface area contributed by atoms with Crippen LogP contribution in [0, 0.1) is 10.1 Å². The van der Waals surface area contributed by atoms with E-state index in [-0.39, 0.29) is 5.69 Å². The predicted octanol–water partition coefficient (Wildman–Crippen LogP) is 8.14. The summed E-state index contributed by atoms with van der Waals surface area (Å²) in [5.74, 6) is 1.35. The van der Waals surface area contributed by atoms with Crippen molar-refractivity contribution in [1.82, 2.24) is 19.9 Å². The van der Waals surface area contributed by atoms with Gasteiger partial charge in [-0.2, -0.15) is 0 Å². The third-order valence-electron chi connectivity index (χ3n) is 8.27. The molecule has 10 heteroatoms. The number of hydrogen-bond donors (Lipinski definition) is 2. The number of alkyl carbamates (subject to hydrolysis) is 1. The first-order valence-electron chi connectivity index (χ1n) is 14.9. The largest absolute Gasteiger partial charge is 0.438 e. The van der Waals surface area contributed by atoms with Crippen LogP contribution in [0.4, 0.5) is 22.0 Å². The van der Waals surface area contributed by atoms with Crippen LogP contribution in [-0.2, 0) is 10.3 Å². The molecule has 1 fully saturated rings. The van der Waals surface area contributed by atoms with Crippen molar-refractivity contribution in [1.29, 1.82) is 0 Å². The lowest BCUT2D eigenvalue weighted by atomic mass is 9.74. The van der Waals surface area contributed by atoms with Crippen LogP contribution in [-0.4, -0.2) is 31.1 Å². The summed E-state index contributed by atoms with van der Waals surface area (Å²) in [7, 11) is 0. The van der Waals surface area contributed by atoms with Gasteiger partial charge in [0.15, 0.2) is 5.82 Å². The van der Waals surface area contributed by atoms with Gasteiger partial charge in [0, 0.05) is 40.6 Å². The number of pyridine rings is 1. The van der Waals surface area contributed by atoms with Gasteiger partial charge in [0.25, 0.3) is 5.69 Å². The molecule has 3 aromatic carbocycles. The Labute approximate surface area is 260 Å². The Morgan fingerprint density at radius 1 is 1.00 bits per heavy atom. The van der Waals surface area contributed by atoms with Crippen LogP contribution in [0.5, 0.6) is 0 Å². The van der Waals surface area contributed by atoms with E-state index in [1.807, 2.05) is 87.5 Å². The minimum Gasteiger partial charge on any atom is -0.438 e. The Morgan fingerprint density at radius 3 is 2.49 bits per heavy atom. The molecule has 1 amide bonds. The summed E-state index contributed by atoms with van der Waals surface area (Å²) in [5, 5.41) is 18.1. The Bertz CT molecular complexity index is 1950. The fourth-order valence-electron chi connectivity index (χ4n) is 6.05. The Hall–Kier alpha value is -5.51. The number of anilines is 2. The number of benzene rings is 3. The molecule has 0 saturated heterocycles. The van der Waals surface area contributed by atoms with Crippen LogP contribution in [0.2, 0.25) is 0 Å². The molecule has 1 aliphatic heterocycles. The van der Waals surface area contributed by atoms with Crippen molar-refractivity contribution in [3.63, 3.8) is 0 Å². The fraction of sp³-hybridized carbons (Fsp3) is 0.229. The highest BCUT2D eigenvalue weighted by atomic mass is 16.6. The van der Waals surface area contributed by atoms with Crippen LogP contribution in [0.25, 0.3) is 39.6 Å². The number of carbonyl (C=O) groups excluding carboxylic acids is 1. The molecule has 0 atom stereocenters. The third kappa shape index (κ3) is 5.08. The molecule has 226 valence electrons. The monoisotopic (exact) mass is 600 g/mol. The molecule has 1 saturated carbocycles. The van der Waals surface area contributed by atoms with E-state index in [1.165, 1.54) is 6.07 Å². The van der Waals surface area contributed by atoms with E-state index in [4.69, 9.17) is 9.72 Å². The number of imidazole rings is 1. The van der Waals surface area contributed by atoms with Crippen molar-refractivity contribution < 1.29 is 14.5 Å². The van der Waals surface area contributed by atoms with Gasteiger partial charge in [0.2, 0.25) is 0 Å². The van der Waals surface area contributed by atoms with Crippen molar-refractivity contribution in [3.05, 3.63) is 107 Å². The van der Waals surface area contributed by atoms with E-state index in [9.17, 15) is 14.9 Å². The number of aromatic nitrogens is 3. The lowest BCUT2D eigenvalue weighted by Gasteiger charge is -2.42. The molecule has 5 aromatic rings. The summed E-state index contributed by atoms with van der Waals surface area (Å²) in [6.07, 6.45) is 3.75. The molecular formula is C35H32N6O4. The number of non-ortho nitro benzene ring substituents is 1. The summed E-state index contributed by atoms with van der Waals surface area (Å²) in [4.78, 5) is 33.9. The fourth-order valence-corrected chi connectivity index (χ4v) is 6.05. The minimum atomic E-state index is -0.690. The molecular weight excluding hydrogens is 568 g/mol. The van der Waals surface area contributed by atoms with Crippen molar-refractivity contribution in [2.45, 2.75) is 51.2 Å². The Kier molecular flexibility index (Phi) is 6.65. The molecule has 3 heterocycles. The maximum Gasteiger partial charge on any atom is 0.408 e. The Balaban J connectivity index is 1.41. The number of nitro groups is 1. The molecule has 2 aliphatic rings. The summed E-state index contributed by atoms with van der Waals surface area (Å²) in [5.41, 5.74) is 5.16. The topological polar surface area (TPSA) is 124 Å². The number of carbonyl (C=O) groups is 1. The summed E-state index contributed by atoms with van der Waals surface area (Å²) in [6, 6.07) is 26.3. The molecule has 0 spiro atoms. The van der Waals surface area contributed by atoms with Gasteiger partial charge in [0.05, 0.1) is 27.7 Å². The van der Waals surface area contributed by atoms with E-state index >= 15 is 0 Å². The van der Waals surface area contributed by atoms with Crippen LogP contribution in [0.15, 0.2) is 91.1 Å². The molecule has 45 heavy (non-hydrogen) atoms. The minimum absolute atomic E-state index is 0.0151. The van der Waals surface area contributed by atoms with Gasteiger partial charge in [-0.1, -0.05) is 48.5 Å². The quantitative estimate of drug-likeness (QED) is 0.151. The molecule has 7 rings (SSSR count). The second-order valence-electron chi connectivity index (χ2n) is 12.5. The average Bonchev–Trinajstić information content (AvgIpc) is 3.33. The van der Waals surface area contributed by atoms with Crippen LogP contribution < -0.4 is 10.6 Å². The highest BCUT2D eigenvalue weighted by Crippen LogP contribution is 2.47. The van der Waals surface area contributed by atoms with E-state index in [2.05, 4.69) is 20.2 Å². The van der Waals surface area contributed by atoms with Gasteiger partial charge in [-0.15, -0.1) is 0 Å². The number of nitro benzene ring substituents is 1. The van der Waals surface area contributed by atoms with E-state index in [0.717, 1.165) is 53.0 Å². The number of nitrogens with one attached hydrogen (secondary N) is 2. The van der Waals surface area contributed by atoms with Crippen LogP contribution in [0.3, 0.4) is 0 Å². The number of hydrogen-bond acceptors (Lipinski definition) is 7. The maximum absolute atomic E-state index is 12.8. The highest BCUT2D eigenvalue weighted by molar-refractivity contribution is 5.91. The van der Waals surface area contributed by atoms with Crippen molar-refractivity contribution >= 4 is 23.3 Å². The third-order valence-corrected chi connectivity index (χ3v) is 8.27. The van der Waals surface area contributed by atoms with Gasteiger partial charge in [-0.25, -0.2) is 14.8 Å². The standard InChI is InChI=1S/C35H32N6O4/c1-34(2,3)39-33(42)45-35(18-8-19-35)24-16-14-22(15-17-24)30-29(23-9-6-10-25(21-23)41(43)44)38-32-26-11-4-5-12-27(26)37-31-28(40(30)32)13-7-20-36-31/h4-7,9-17,20-21H,8,18-19H2,1-3H3,(H,36,37)(H,39,42). The zero-order chi connectivity index (χ0) is 31.3. The van der Waals surface area contributed by atoms with Gasteiger partial charge in [-0.05, 0) is 69.9 Å². The molecule has 0 bridgehead atoms. The van der Waals surface area contributed by atoms with E-state index in [1.54, 1.807) is 18.3 Å². The smallest absolute Gasteiger partial charge is 0.408 e. The number of nitrogens with zero attached hydrogens (tertiary/aromatic N) is 4. The molecule has 2 aromatic heterocycles. The molecule has 10 nitrogen and oxygen atoms in total. The first-order chi connectivity index (χ1) is 21.6. The maximum atomic E-state index is 12.8. The lowest BCUT2D eigenvalue weighted by Crippen LogP contribution is -2.47. The van der Waals surface area contributed by atoms with Crippen molar-refractivity contribution in [3.8, 4) is 39.6 Å². The van der Waals surface area contributed by atoms with Crippen molar-refractivity contribution in [2.75, 3.05) is 5.32 Å². The predicted molar refractivity (Wildman–Crippen MR) is 173 cm³/mol. The van der Waals surface area contributed by atoms with E-state index in [0.29, 0.717) is 22.9 Å². The SMILES string of the molecule is CC(C)(C)NC(=O)OC1(c2ccc(-c3c(-c4cccc([N+](=O)[O-])c4)nc4n3-c3cccnc3Nc3ccccc3-4)cc2)CCC1. The van der Waals surface area contributed by atoms with E-state index < -0.39 is 22.2 Å². The average molecular weight is 601 g/mol. The number of amides is 1. The van der Waals surface area contributed by atoms with Crippen LogP contribution >= 0.6 is 0 Å². The number of fused-ring (bicyclic) bond motifs is 5. The molecule has 2 N–H and O–H groups in total. The summed E-state index contributed by atoms with van der Waals surface area (Å²) >= 11 is 0. The van der Waals surface area contributed by atoms with Crippen molar-refractivity contribution in [2.24, 2.45) is 0 Å². The second kappa shape index (κ2) is 10.6. The lowest BCUT2D eigenvalue weighted by molar-refractivity contribution is -0.384. The molecule has 1 aliphatic carbocycles. The van der Waals surface area contributed by atoms with Gasteiger partial charge in [0.1, 0.15) is 11.4 Å². The van der Waals surface area contributed by atoms with Gasteiger partial charge in [-0.3, -0.25) is 14.7 Å². The van der Waals surface area contributed by atoms with Gasteiger partial charge < -0.3 is 15.4 Å². The summed E-state index contributed by atoms with van der Waals surface area (Å²) < 4.78 is 8.11. The molecule has 0 unspecified atom stereocenters. The second-order valence-corrected chi connectivity index (χ2v) is 12.5. The molecule has 0 radical (unpaired) electrons.